The monoisotopic (exact) mass is 267 g/mol. The van der Waals surface area contributed by atoms with Crippen molar-refractivity contribution in [1.82, 2.24) is 15.5 Å². The van der Waals surface area contributed by atoms with Gasteiger partial charge in [0.05, 0.1) is 0 Å². The number of likely N-dealkylation sites (N-methyl/N-ethyl adjacent to an activating group) is 1. The van der Waals surface area contributed by atoms with E-state index in [1.165, 1.54) is 25.7 Å². The first-order chi connectivity index (χ1) is 9.29. The summed E-state index contributed by atoms with van der Waals surface area (Å²) in [6.45, 7) is 7.38. The molecule has 2 aliphatic rings. The number of carbonyl (C=O) groups excluding carboxylic acids is 1. The average Bonchev–Trinajstić information content (AvgIpc) is 3.27. The number of rotatable bonds is 8. The molecule has 1 aliphatic heterocycles. The van der Waals surface area contributed by atoms with Crippen LogP contribution in [0.2, 0.25) is 0 Å². The predicted molar refractivity (Wildman–Crippen MR) is 78.1 cm³/mol. The van der Waals surface area contributed by atoms with Crippen LogP contribution in [0.5, 0.6) is 0 Å². The van der Waals surface area contributed by atoms with Gasteiger partial charge in [0.25, 0.3) is 0 Å². The molecule has 110 valence electrons. The molecule has 0 aromatic carbocycles. The Morgan fingerprint density at radius 2 is 2.21 bits per heavy atom. The Bertz CT molecular complexity index is 273. The molecule has 0 bridgehead atoms. The Kier molecular flexibility index (Phi) is 6.11. The Labute approximate surface area is 117 Å². The number of nitrogens with zero attached hydrogens (tertiary/aromatic N) is 1. The van der Waals surface area contributed by atoms with E-state index in [0.717, 1.165) is 45.2 Å². The van der Waals surface area contributed by atoms with E-state index in [0.29, 0.717) is 12.3 Å². The molecule has 0 radical (unpaired) electrons. The molecule has 0 aromatic rings. The maximum Gasteiger partial charge on any atom is 0.220 e. The Morgan fingerprint density at radius 1 is 1.37 bits per heavy atom. The van der Waals surface area contributed by atoms with Crippen molar-refractivity contribution in [2.75, 3.05) is 32.7 Å². The molecule has 4 heteroatoms. The summed E-state index contributed by atoms with van der Waals surface area (Å²) in [7, 11) is 0. The molecule has 0 aromatic heterocycles. The summed E-state index contributed by atoms with van der Waals surface area (Å²) in [5, 5.41) is 6.47. The molecule has 1 saturated heterocycles. The van der Waals surface area contributed by atoms with E-state index in [4.69, 9.17) is 0 Å². The van der Waals surface area contributed by atoms with Gasteiger partial charge in [0.15, 0.2) is 0 Å². The van der Waals surface area contributed by atoms with E-state index < -0.39 is 0 Å². The highest BCUT2D eigenvalue weighted by Crippen LogP contribution is 2.25. The van der Waals surface area contributed by atoms with Crippen LogP contribution in [0.3, 0.4) is 0 Å². The number of hydrogen-bond acceptors (Lipinski definition) is 3. The Balaban J connectivity index is 1.51. The predicted octanol–water partition coefficient (Wildman–Crippen LogP) is 1.37. The SMILES string of the molecule is CCN(CCNC(=O)CCC1CCCNC1)C1CC1. The summed E-state index contributed by atoms with van der Waals surface area (Å²) in [6, 6.07) is 0.801. The van der Waals surface area contributed by atoms with Gasteiger partial charge in [-0.25, -0.2) is 0 Å². The highest BCUT2D eigenvalue weighted by atomic mass is 16.1. The van der Waals surface area contributed by atoms with E-state index in [1.807, 2.05) is 0 Å². The molecule has 1 unspecified atom stereocenters. The van der Waals surface area contributed by atoms with Gasteiger partial charge in [-0.05, 0) is 57.7 Å². The molecule has 1 amide bonds. The van der Waals surface area contributed by atoms with E-state index in [-0.39, 0.29) is 5.91 Å². The molecular formula is C15H29N3O. The molecule has 0 spiro atoms. The zero-order chi connectivity index (χ0) is 13.5. The molecule has 1 aliphatic carbocycles. The largest absolute Gasteiger partial charge is 0.355 e. The molecule has 1 saturated carbocycles. The third-order valence-corrected chi connectivity index (χ3v) is 4.37. The molecule has 1 heterocycles. The summed E-state index contributed by atoms with van der Waals surface area (Å²) in [5.74, 6) is 0.940. The average molecular weight is 267 g/mol. The molecule has 2 fully saturated rings. The molecular weight excluding hydrogens is 238 g/mol. The van der Waals surface area contributed by atoms with Crippen molar-refractivity contribution in [3.05, 3.63) is 0 Å². The molecule has 2 N–H and O–H groups in total. The van der Waals surface area contributed by atoms with Crippen LogP contribution >= 0.6 is 0 Å². The van der Waals surface area contributed by atoms with Crippen LogP contribution < -0.4 is 10.6 Å². The molecule has 2 rings (SSSR count). The number of carbonyl (C=O) groups is 1. The number of nitrogens with one attached hydrogen (secondary N) is 2. The second kappa shape index (κ2) is 7.85. The van der Waals surface area contributed by atoms with Gasteiger partial charge in [-0.1, -0.05) is 6.92 Å². The van der Waals surface area contributed by atoms with Crippen LogP contribution in [-0.4, -0.2) is 49.6 Å². The number of amides is 1. The first-order valence-electron chi connectivity index (χ1n) is 8.01. The van der Waals surface area contributed by atoms with Crippen molar-refractivity contribution in [1.29, 1.82) is 0 Å². The summed E-state index contributed by atoms with van der Waals surface area (Å²) >= 11 is 0. The van der Waals surface area contributed by atoms with Gasteiger partial charge in [-0.15, -0.1) is 0 Å². The third-order valence-electron chi connectivity index (χ3n) is 4.37. The highest BCUT2D eigenvalue weighted by Gasteiger charge is 2.27. The van der Waals surface area contributed by atoms with Crippen LogP contribution in [0.1, 0.15) is 45.4 Å². The van der Waals surface area contributed by atoms with E-state index >= 15 is 0 Å². The lowest BCUT2D eigenvalue weighted by atomic mass is 9.94. The van der Waals surface area contributed by atoms with E-state index in [2.05, 4.69) is 22.5 Å². The first-order valence-corrected chi connectivity index (χ1v) is 8.01. The van der Waals surface area contributed by atoms with Gasteiger partial charge in [0.1, 0.15) is 0 Å². The van der Waals surface area contributed by atoms with Crippen LogP contribution in [0, 0.1) is 5.92 Å². The fourth-order valence-electron chi connectivity index (χ4n) is 2.97. The second-order valence-corrected chi connectivity index (χ2v) is 5.96. The van der Waals surface area contributed by atoms with Gasteiger partial charge in [-0.3, -0.25) is 9.69 Å². The molecule has 4 nitrogen and oxygen atoms in total. The summed E-state index contributed by atoms with van der Waals surface area (Å²) in [6.07, 6.45) is 6.97. The van der Waals surface area contributed by atoms with Gasteiger partial charge in [0.2, 0.25) is 5.91 Å². The van der Waals surface area contributed by atoms with Gasteiger partial charge in [-0.2, -0.15) is 0 Å². The van der Waals surface area contributed by atoms with Gasteiger partial charge in [0, 0.05) is 25.6 Å². The molecule has 19 heavy (non-hydrogen) atoms. The fraction of sp³-hybridized carbons (Fsp3) is 0.933. The van der Waals surface area contributed by atoms with Crippen molar-refractivity contribution in [2.45, 2.75) is 51.5 Å². The van der Waals surface area contributed by atoms with Crippen molar-refractivity contribution < 1.29 is 4.79 Å². The number of piperidine rings is 1. The quantitative estimate of drug-likeness (QED) is 0.698. The molecule has 1 atom stereocenters. The van der Waals surface area contributed by atoms with Crippen LogP contribution in [-0.2, 0) is 4.79 Å². The normalized spacial score (nSPS) is 23.6. The van der Waals surface area contributed by atoms with Crippen LogP contribution in [0.15, 0.2) is 0 Å². The van der Waals surface area contributed by atoms with Crippen LogP contribution in [0.25, 0.3) is 0 Å². The summed E-state index contributed by atoms with van der Waals surface area (Å²) in [4.78, 5) is 14.3. The van der Waals surface area contributed by atoms with E-state index in [9.17, 15) is 4.79 Å². The minimum absolute atomic E-state index is 0.234. The van der Waals surface area contributed by atoms with Crippen LogP contribution in [0.4, 0.5) is 0 Å². The smallest absolute Gasteiger partial charge is 0.220 e. The zero-order valence-corrected chi connectivity index (χ0v) is 12.3. The second-order valence-electron chi connectivity index (χ2n) is 5.96. The van der Waals surface area contributed by atoms with Crippen molar-refractivity contribution in [3.8, 4) is 0 Å². The third kappa shape index (κ3) is 5.49. The van der Waals surface area contributed by atoms with E-state index in [1.54, 1.807) is 0 Å². The lowest BCUT2D eigenvalue weighted by molar-refractivity contribution is -0.121. The summed E-state index contributed by atoms with van der Waals surface area (Å²) in [5.41, 5.74) is 0. The summed E-state index contributed by atoms with van der Waals surface area (Å²) < 4.78 is 0. The Hall–Kier alpha value is -0.610. The minimum atomic E-state index is 0.234. The lowest BCUT2D eigenvalue weighted by Crippen LogP contribution is -2.36. The van der Waals surface area contributed by atoms with Crippen molar-refractivity contribution in [2.24, 2.45) is 5.92 Å². The maximum absolute atomic E-state index is 11.8. The van der Waals surface area contributed by atoms with Gasteiger partial charge >= 0.3 is 0 Å². The lowest BCUT2D eigenvalue weighted by Gasteiger charge is -2.22. The topological polar surface area (TPSA) is 44.4 Å². The van der Waals surface area contributed by atoms with Gasteiger partial charge < -0.3 is 10.6 Å². The Morgan fingerprint density at radius 3 is 2.84 bits per heavy atom. The highest BCUT2D eigenvalue weighted by molar-refractivity contribution is 5.75. The number of hydrogen-bond donors (Lipinski definition) is 2. The standard InChI is InChI=1S/C15H29N3O/c1-2-18(14-6-7-14)11-10-17-15(19)8-5-13-4-3-9-16-12-13/h13-14,16H,2-12H2,1H3,(H,17,19). The van der Waals surface area contributed by atoms with Crippen molar-refractivity contribution >= 4 is 5.91 Å². The zero-order valence-electron chi connectivity index (χ0n) is 12.3. The fourth-order valence-corrected chi connectivity index (χ4v) is 2.97. The minimum Gasteiger partial charge on any atom is -0.355 e. The maximum atomic E-state index is 11.8. The first kappa shape index (κ1) is 14.8. The van der Waals surface area contributed by atoms with Crippen molar-refractivity contribution in [3.63, 3.8) is 0 Å².